The Bertz CT molecular complexity index is 961. The molecule has 2 N–H and O–H groups in total. The molecule has 0 fully saturated rings. The van der Waals surface area contributed by atoms with Crippen molar-refractivity contribution in [1.82, 2.24) is 4.31 Å². The predicted octanol–water partition coefficient (Wildman–Crippen LogP) is 1.80. The zero-order chi connectivity index (χ0) is 19.6. The van der Waals surface area contributed by atoms with Gasteiger partial charge in [0, 0.05) is 20.2 Å². The first kappa shape index (κ1) is 19.5. The Balaban J connectivity index is 2.33. The maximum atomic E-state index is 12.4. The number of ether oxygens (including phenoxy) is 1. The Kier molecular flexibility index (Phi) is 5.38. The average molecular weight is 382 g/mol. The summed E-state index contributed by atoms with van der Waals surface area (Å²) in [7, 11) is 0.320. The number of anilines is 1. The smallest absolute Gasteiger partial charge is 0.335 e. The second-order valence-corrected chi connectivity index (χ2v) is 7.61. The number of hydrogen-bond acceptors (Lipinski definition) is 6. The van der Waals surface area contributed by atoms with Gasteiger partial charge in [0.1, 0.15) is 16.4 Å². The molecule has 26 heavy (non-hydrogen) atoms. The summed E-state index contributed by atoms with van der Waals surface area (Å²) in [5.41, 5.74) is 0.210. The Morgan fingerprint density at radius 3 is 2.42 bits per heavy atom. The lowest BCUT2D eigenvalue weighted by molar-refractivity contribution is 0.0696. The third-order valence-corrected chi connectivity index (χ3v) is 5.47. The van der Waals surface area contributed by atoms with E-state index in [0.717, 1.165) is 10.4 Å². The highest BCUT2D eigenvalue weighted by atomic mass is 32.2. The molecule has 0 aliphatic rings. The lowest BCUT2D eigenvalue weighted by atomic mass is 10.2. The Hall–Kier alpha value is -2.85. The van der Waals surface area contributed by atoms with Crippen molar-refractivity contribution in [2.75, 3.05) is 26.5 Å². The van der Waals surface area contributed by atoms with Crippen molar-refractivity contribution in [3.63, 3.8) is 0 Å². The number of benzene rings is 1. The summed E-state index contributed by atoms with van der Waals surface area (Å²) in [6.45, 7) is 1.44. The maximum Gasteiger partial charge on any atom is 0.335 e. The lowest BCUT2D eigenvalue weighted by Gasteiger charge is -2.10. The topological polar surface area (TPSA) is 126 Å². The number of aromatic carboxylic acids is 1. The van der Waals surface area contributed by atoms with E-state index in [9.17, 15) is 18.0 Å². The number of carbonyl (C=O) groups is 2. The summed E-state index contributed by atoms with van der Waals surface area (Å²) < 4.78 is 35.8. The van der Waals surface area contributed by atoms with Gasteiger partial charge in [-0.15, -0.1) is 0 Å². The third kappa shape index (κ3) is 3.70. The van der Waals surface area contributed by atoms with Gasteiger partial charge in [0.25, 0.3) is 5.91 Å². The molecule has 10 heteroatoms. The maximum absolute atomic E-state index is 12.4. The molecule has 0 unspecified atom stereocenters. The van der Waals surface area contributed by atoms with Gasteiger partial charge in [-0.2, -0.15) is 0 Å². The van der Waals surface area contributed by atoms with Crippen molar-refractivity contribution >= 4 is 27.6 Å². The minimum atomic E-state index is -3.75. The summed E-state index contributed by atoms with van der Waals surface area (Å²) in [6, 6.07) is 5.06. The summed E-state index contributed by atoms with van der Waals surface area (Å²) in [5, 5.41) is 11.5. The summed E-state index contributed by atoms with van der Waals surface area (Å²) >= 11 is 0. The Morgan fingerprint density at radius 1 is 1.23 bits per heavy atom. The van der Waals surface area contributed by atoms with Crippen LogP contribution in [0.15, 0.2) is 33.6 Å². The van der Waals surface area contributed by atoms with Crippen LogP contribution >= 0.6 is 0 Å². The van der Waals surface area contributed by atoms with Gasteiger partial charge in [0.15, 0.2) is 5.76 Å². The molecule has 140 valence electrons. The first-order chi connectivity index (χ1) is 12.1. The van der Waals surface area contributed by atoms with Crippen LogP contribution in [-0.4, -0.2) is 50.9 Å². The second kappa shape index (κ2) is 7.18. The van der Waals surface area contributed by atoms with E-state index in [1.54, 1.807) is 0 Å². The minimum Gasteiger partial charge on any atom is -0.495 e. The molecule has 0 saturated carbocycles. The van der Waals surface area contributed by atoms with Gasteiger partial charge in [0.05, 0.1) is 18.4 Å². The van der Waals surface area contributed by atoms with E-state index in [2.05, 4.69) is 5.32 Å². The molecular weight excluding hydrogens is 364 g/mol. The molecule has 1 aromatic carbocycles. The fraction of sp³-hybridized carbons (Fsp3) is 0.250. The molecule has 0 aliphatic carbocycles. The zero-order valence-corrected chi connectivity index (χ0v) is 15.4. The van der Waals surface area contributed by atoms with Crippen LogP contribution in [0.4, 0.5) is 5.69 Å². The van der Waals surface area contributed by atoms with Crippen molar-refractivity contribution in [3.8, 4) is 5.75 Å². The SMILES string of the molecule is COc1cc(C(=O)O)ccc1NC(=O)c1cc(S(=O)(=O)N(C)C)c(C)o1. The first-order valence-electron chi connectivity index (χ1n) is 7.33. The van der Waals surface area contributed by atoms with Crippen molar-refractivity contribution in [2.45, 2.75) is 11.8 Å². The van der Waals surface area contributed by atoms with E-state index < -0.39 is 21.9 Å². The van der Waals surface area contributed by atoms with E-state index in [1.165, 1.54) is 46.3 Å². The van der Waals surface area contributed by atoms with Crippen molar-refractivity contribution < 1.29 is 32.3 Å². The summed E-state index contributed by atoms with van der Waals surface area (Å²) in [6.07, 6.45) is 0. The van der Waals surface area contributed by atoms with Crippen molar-refractivity contribution in [3.05, 3.63) is 41.3 Å². The number of hydrogen-bond donors (Lipinski definition) is 2. The fourth-order valence-electron chi connectivity index (χ4n) is 2.14. The molecule has 0 atom stereocenters. The third-order valence-electron chi connectivity index (χ3n) is 3.55. The van der Waals surface area contributed by atoms with Crippen LogP contribution in [0.3, 0.4) is 0 Å². The molecular formula is C16H18N2O7S. The highest BCUT2D eigenvalue weighted by molar-refractivity contribution is 7.89. The van der Waals surface area contributed by atoms with E-state index in [4.69, 9.17) is 14.3 Å². The van der Waals surface area contributed by atoms with Gasteiger partial charge >= 0.3 is 5.97 Å². The van der Waals surface area contributed by atoms with E-state index >= 15 is 0 Å². The Labute approximate surface area is 150 Å². The van der Waals surface area contributed by atoms with Crippen LogP contribution in [0, 0.1) is 6.92 Å². The van der Waals surface area contributed by atoms with Crippen LogP contribution in [0.2, 0.25) is 0 Å². The predicted molar refractivity (Wildman–Crippen MR) is 92.2 cm³/mol. The largest absolute Gasteiger partial charge is 0.495 e. The van der Waals surface area contributed by atoms with E-state index in [-0.39, 0.29) is 33.4 Å². The van der Waals surface area contributed by atoms with Gasteiger partial charge in [-0.1, -0.05) is 0 Å². The van der Waals surface area contributed by atoms with Crippen LogP contribution in [-0.2, 0) is 10.0 Å². The molecule has 0 spiro atoms. The summed E-state index contributed by atoms with van der Waals surface area (Å²) in [4.78, 5) is 23.3. The van der Waals surface area contributed by atoms with Crippen LogP contribution in [0.25, 0.3) is 0 Å². The summed E-state index contributed by atoms with van der Waals surface area (Å²) in [5.74, 6) is -1.82. The zero-order valence-electron chi connectivity index (χ0n) is 14.6. The second-order valence-electron chi connectivity index (χ2n) is 5.49. The molecule has 9 nitrogen and oxygen atoms in total. The number of furan rings is 1. The number of rotatable bonds is 6. The number of carboxylic acids is 1. The standard InChI is InChI=1S/C16H18N2O7S/c1-9-14(26(22,23)18(2)3)8-13(25-9)15(19)17-11-6-5-10(16(20)21)7-12(11)24-4/h5-8H,1-4H3,(H,17,19)(H,20,21). The lowest BCUT2D eigenvalue weighted by Crippen LogP contribution is -2.22. The molecule has 1 heterocycles. The minimum absolute atomic E-state index is 0.00643. The molecule has 1 aromatic heterocycles. The quantitative estimate of drug-likeness (QED) is 0.780. The number of carboxylic acid groups (broad SMARTS) is 1. The number of aryl methyl sites for hydroxylation is 1. The fourth-order valence-corrected chi connectivity index (χ4v) is 3.20. The number of carbonyl (C=O) groups excluding carboxylic acids is 1. The molecule has 2 rings (SSSR count). The molecule has 0 aliphatic heterocycles. The average Bonchev–Trinajstić information content (AvgIpc) is 2.97. The van der Waals surface area contributed by atoms with Crippen LogP contribution < -0.4 is 10.1 Å². The number of sulfonamides is 1. The molecule has 0 radical (unpaired) electrons. The molecule has 1 amide bonds. The monoisotopic (exact) mass is 382 g/mol. The normalized spacial score (nSPS) is 11.4. The van der Waals surface area contributed by atoms with Gasteiger partial charge in [-0.25, -0.2) is 17.5 Å². The first-order valence-corrected chi connectivity index (χ1v) is 8.77. The van der Waals surface area contributed by atoms with Crippen molar-refractivity contribution in [2.24, 2.45) is 0 Å². The molecule has 0 bridgehead atoms. The van der Waals surface area contributed by atoms with Crippen molar-refractivity contribution in [1.29, 1.82) is 0 Å². The van der Waals surface area contributed by atoms with Gasteiger partial charge in [-0.3, -0.25) is 4.79 Å². The van der Waals surface area contributed by atoms with Crippen LogP contribution in [0.5, 0.6) is 5.75 Å². The highest BCUT2D eigenvalue weighted by Gasteiger charge is 2.26. The Morgan fingerprint density at radius 2 is 1.88 bits per heavy atom. The number of nitrogens with one attached hydrogen (secondary N) is 1. The van der Waals surface area contributed by atoms with Gasteiger partial charge in [-0.05, 0) is 25.1 Å². The van der Waals surface area contributed by atoms with E-state index in [0.29, 0.717) is 0 Å². The molecule has 2 aromatic rings. The number of nitrogens with zero attached hydrogens (tertiary/aromatic N) is 1. The number of amides is 1. The molecule has 0 saturated heterocycles. The van der Waals surface area contributed by atoms with E-state index in [1.807, 2.05) is 0 Å². The van der Waals surface area contributed by atoms with Gasteiger partial charge in [0.2, 0.25) is 10.0 Å². The highest BCUT2D eigenvalue weighted by Crippen LogP contribution is 2.28. The van der Waals surface area contributed by atoms with Crippen LogP contribution in [0.1, 0.15) is 26.7 Å². The van der Waals surface area contributed by atoms with Gasteiger partial charge < -0.3 is 19.6 Å². The number of methoxy groups -OCH3 is 1.